The first-order valence-corrected chi connectivity index (χ1v) is 8.30. The lowest BCUT2D eigenvalue weighted by Gasteiger charge is -2.08. The van der Waals surface area contributed by atoms with Gasteiger partial charge >= 0.3 is 0 Å². The molecular weight excluding hydrogens is 344 g/mol. The summed E-state index contributed by atoms with van der Waals surface area (Å²) in [5.41, 5.74) is 3.27. The van der Waals surface area contributed by atoms with Gasteiger partial charge in [0.15, 0.2) is 0 Å². The molecule has 0 saturated heterocycles. The summed E-state index contributed by atoms with van der Waals surface area (Å²) in [7, 11) is 0. The summed E-state index contributed by atoms with van der Waals surface area (Å²) in [6, 6.07) is 23.0. The maximum Gasteiger partial charge on any atom is 0.274 e. The zero-order valence-electron chi connectivity index (χ0n) is 14.4. The molecule has 3 N–H and O–H groups in total. The van der Waals surface area contributed by atoms with Gasteiger partial charge in [-0.1, -0.05) is 30.3 Å². The lowest BCUT2D eigenvalue weighted by atomic mass is 10.1. The van der Waals surface area contributed by atoms with Gasteiger partial charge in [0.25, 0.3) is 5.91 Å². The predicted octanol–water partition coefficient (Wildman–Crippen LogP) is 3.78. The van der Waals surface area contributed by atoms with E-state index >= 15 is 0 Å². The van der Waals surface area contributed by atoms with E-state index < -0.39 is 5.91 Å². The van der Waals surface area contributed by atoms with E-state index in [9.17, 15) is 9.59 Å². The normalized spacial score (nSPS) is 10.1. The SMILES string of the molecule is O=C(Cc1ccc(Oc2ccccc2)cc1)Nc1ccc(C(=O)NO)cc1. The average molecular weight is 362 g/mol. The van der Waals surface area contributed by atoms with Gasteiger partial charge in [0.2, 0.25) is 5.91 Å². The Hall–Kier alpha value is -3.64. The largest absolute Gasteiger partial charge is 0.457 e. The molecule has 0 aliphatic carbocycles. The number of hydrogen-bond acceptors (Lipinski definition) is 4. The molecule has 0 bridgehead atoms. The van der Waals surface area contributed by atoms with E-state index in [4.69, 9.17) is 9.94 Å². The topological polar surface area (TPSA) is 87.7 Å². The summed E-state index contributed by atoms with van der Waals surface area (Å²) in [6.07, 6.45) is 0.213. The van der Waals surface area contributed by atoms with Crippen molar-refractivity contribution < 1.29 is 19.5 Å². The van der Waals surface area contributed by atoms with Gasteiger partial charge in [-0.15, -0.1) is 0 Å². The molecule has 0 aliphatic heterocycles. The Labute approximate surface area is 156 Å². The average Bonchev–Trinajstić information content (AvgIpc) is 2.70. The molecule has 0 radical (unpaired) electrons. The maximum absolute atomic E-state index is 12.2. The summed E-state index contributed by atoms with van der Waals surface area (Å²) < 4.78 is 5.72. The predicted molar refractivity (Wildman–Crippen MR) is 101 cm³/mol. The number of hydroxylamine groups is 1. The smallest absolute Gasteiger partial charge is 0.274 e. The fourth-order valence-corrected chi connectivity index (χ4v) is 2.46. The van der Waals surface area contributed by atoms with E-state index in [1.165, 1.54) is 12.1 Å². The Bertz CT molecular complexity index is 907. The number of benzene rings is 3. The molecule has 0 saturated carbocycles. The minimum Gasteiger partial charge on any atom is -0.457 e. The standard InChI is InChI=1S/C21H18N2O4/c24-20(22-17-10-8-16(9-11-17)21(25)23-26)14-15-6-12-19(13-7-15)27-18-4-2-1-3-5-18/h1-13,26H,14H2,(H,22,24)(H,23,25). The van der Waals surface area contributed by atoms with Gasteiger partial charge in [-0.05, 0) is 54.1 Å². The van der Waals surface area contributed by atoms with Crippen molar-refractivity contribution in [2.45, 2.75) is 6.42 Å². The number of hydrogen-bond donors (Lipinski definition) is 3. The van der Waals surface area contributed by atoms with Crippen molar-refractivity contribution in [3.05, 3.63) is 90.0 Å². The molecule has 6 nitrogen and oxygen atoms in total. The van der Waals surface area contributed by atoms with Crippen molar-refractivity contribution in [3.63, 3.8) is 0 Å². The van der Waals surface area contributed by atoms with E-state index in [0.717, 1.165) is 11.3 Å². The van der Waals surface area contributed by atoms with Crippen molar-refractivity contribution in [1.82, 2.24) is 5.48 Å². The van der Waals surface area contributed by atoms with Crippen LogP contribution in [0.2, 0.25) is 0 Å². The van der Waals surface area contributed by atoms with Crippen LogP contribution in [0.1, 0.15) is 15.9 Å². The number of rotatable bonds is 6. The molecule has 0 aromatic heterocycles. The number of carbonyl (C=O) groups excluding carboxylic acids is 2. The molecule has 3 aromatic rings. The van der Waals surface area contributed by atoms with Crippen LogP contribution in [0.4, 0.5) is 5.69 Å². The lowest BCUT2D eigenvalue weighted by Crippen LogP contribution is -2.18. The zero-order valence-corrected chi connectivity index (χ0v) is 14.4. The van der Waals surface area contributed by atoms with Crippen LogP contribution in [0.3, 0.4) is 0 Å². The highest BCUT2D eigenvalue weighted by atomic mass is 16.5. The maximum atomic E-state index is 12.2. The second-order valence-electron chi connectivity index (χ2n) is 5.80. The van der Waals surface area contributed by atoms with E-state index in [0.29, 0.717) is 17.0 Å². The monoisotopic (exact) mass is 362 g/mol. The number of carbonyl (C=O) groups is 2. The molecule has 0 heterocycles. The second-order valence-corrected chi connectivity index (χ2v) is 5.80. The minimum absolute atomic E-state index is 0.175. The molecule has 136 valence electrons. The number of anilines is 1. The Morgan fingerprint density at radius 2 is 1.44 bits per heavy atom. The van der Waals surface area contributed by atoms with E-state index in [1.54, 1.807) is 17.6 Å². The van der Waals surface area contributed by atoms with Crippen LogP contribution >= 0.6 is 0 Å². The van der Waals surface area contributed by atoms with Crippen molar-refractivity contribution >= 4 is 17.5 Å². The third-order valence-electron chi connectivity index (χ3n) is 3.80. The Kier molecular flexibility index (Phi) is 5.81. The van der Waals surface area contributed by atoms with E-state index in [1.807, 2.05) is 54.6 Å². The van der Waals surface area contributed by atoms with Crippen LogP contribution < -0.4 is 15.5 Å². The Morgan fingerprint density at radius 3 is 2.07 bits per heavy atom. The molecule has 0 fully saturated rings. The van der Waals surface area contributed by atoms with Crippen LogP contribution in [-0.2, 0) is 11.2 Å². The van der Waals surface area contributed by atoms with Crippen LogP contribution in [0.25, 0.3) is 0 Å². The molecule has 0 unspecified atom stereocenters. The third-order valence-corrected chi connectivity index (χ3v) is 3.80. The van der Waals surface area contributed by atoms with Gasteiger partial charge < -0.3 is 10.1 Å². The van der Waals surface area contributed by atoms with Gasteiger partial charge in [0, 0.05) is 11.3 Å². The van der Waals surface area contributed by atoms with Crippen LogP contribution in [-0.4, -0.2) is 17.0 Å². The van der Waals surface area contributed by atoms with Crippen molar-refractivity contribution in [2.75, 3.05) is 5.32 Å². The summed E-state index contributed by atoms with van der Waals surface area (Å²) in [6.45, 7) is 0. The molecule has 27 heavy (non-hydrogen) atoms. The molecule has 2 amide bonds. The first kappa shape index (κ1) is 18.2. The highest BCUT2D eigenvalue weighted by Gasteiger charge is 2.07. The molecule has 0 spiro atoms. The number of para-hydroxylation sites is 1. The highest BCUT2D eigenvalue weighted by Crippen LogP contribution is 2.21. The van der Waals surface area contributed by atoms with Crippen LogP contribution in [0, 0.1) is 0 Å². The van der Waals surface area contributed by atoms with Gasteiger partial charge in [-0.3, -0.25) is 14.8 Å². The number of ether oxygens (including phenoxy) is 1. The number of amides is 2. The van der Waals surface area contributed by atoms with Crippen LogP contribution in [0.5, 0.6) is 11.5 Å². The Balaban J connectivity index is 1.55. The van der Waals surface area contributed by atoms with Crippen molar-refractivity contribution in [2.24, 2.45) is 0 Å². The van der Waals surface area contributed by atoms with Crippen molar-refractivity contribution in [3.8, 4) is 11.5 Å². The van der Waals surface area contributed by atoms with Gasteiger partial charge in [-0.25, -0.2) is 5.48 Å². The van der Waals surface area contributed by atoms with Gasteiger partial charge in [0.05, 0.1) is 6.42 Å². The summed E-state index contributed by atoms with van der Waals surface area (Å²) >= 11 is 0. The Morgan fingerprint density at radius 1 is 0.815 bits per heavy atom. The molecule has 0 atom stereocenters. The van der Waals surface area contributed by atoms with Crippen molar-refractivity contribution in [1.29, 1.82) is 0 Å². The fourth-order valence-electron chi connectivity index (χ4n) is 2.46. The van der Waals surface area contributed by atoms with E-state index in [-0.39, 0.29) is 12.3 Å². The highest BCUT2D eigenvalue weighted by molar-refractivity contribution is 5.95. The molecule has 3 aromatic carbocycles. The first-order chi connectivity index (χ1) is 13.1. The summed E-state index contributed by atoms with van der Waals surface area (Å²) in [5, 5.41) is 11.4. The third kappa shape index (κ3) is 5.17. The number of nitrogens with one attached hydrogen (secondary N) is 2. The second kappa shape index (κ2) is 8.64. The zero-order chi connectivity index (χ0) is 19.1. The lowest BCUT2D eigenvalue weighted by molar-refractivity contribution is -0.115. The molecule has 3 rings (SSSR count). The quantitative estimate of drug-likeness (QED) is 0.460. The van der Waals surface area contributed by atoms with Crippen LogP contribution in [0.15, 0.2) is 78.9 Å². The minimum atomic E-state index is -0.606. The molecule has 0 aliphatic rings. The first-order valence-electron chi connectivity index (χ1n) is 8.30. The molecular formula is C21H18N2O4. The summed E-state index contributed by atoms with van der Waals surface area (Å²) in [5.74, 6) is 0.668. The fraction of sp³-hybridized carbons (Fsp3) is 0.0476. The van der Waals surface area contributed by atoms with Gasteiger partial charge in [0.1, 0.15) is 11.5 Å². The molecule has 6 heteroatoms. The van der Waals surface area contributed by atoms with Gasteiger partial charge in [-0.2, -0.15) is 0 Å². The summed E-state index contributed by atoms with van der Waals surface area (Å²) in [4.78, 5) is 23.4. The van der Waals surface area contributed by atoms with E-state index in [2.05, 4.69) is 5.32 Å².